The van der Waals surface area contributed by atoms with Crippen LogP contribution < -0.4 is 5.32 Å². The first-order valence-corrected chi connectivity index (χ1v) is 8.81. The van der Waals surface area contributed by atoms with E-state index in [1.807, 2.05) is 34.3 Å². The largest absolute Gasteiger partial charge is 0.322 e. The fraction of sp³-hybridized carbons (Fsp3) is 0.200. The third-order valence-electron chi connectivity index (χ3n) is 3.59. The number of aromatic nitrogens is 4. The second kappa shape index (κ2) is 5.86. The third-order valence-corrected chi connectivity index (χ3v) is 5.10. The summed E-state index contributed by atoms with van der Waals surface area (Å²) in [7, 11) is 0. The van der Waals surface area contributed by atoms with Crippen molar-refractivity contribution in [3.8, 4) is 11.4 Å². The van der Waals surface area contributed by atoms with Gasteiger partial charge in [-0.3, -0.25) is 4.79 Å². The van der Waals surface area contributed by atoms with Gasteiger partial charge < -0.3 is 5.32 Å². The van der Waals surface area contributed by atoms with Crippen LogP contribution in [0.25, 0.3) is 11.4 Å². The molecule has 6 nitrogen and oxygen atoms in total. The number of nitrogens with one attached hydrogen (secondary N) is 1. The molecule has 2 aromatic heterocycles. The Morgan fingerprint density at radius 3 is 2.96 bits per heavy atom. The van der Waals surface area contributed by atoms with Gasteiger partial charge in [0.2, 0.25) is 0 Å². The van der Waals surface area contributed by atoms with Crippen LogP contribution in [-0.4, -0.2) is 26.1 Å². The Bertz CT molecular complexity index is 870. The summed E-state index contributed by atoms with van der Waals surface area (Å²) >= 11 is 4.85. The van der Waals surface area contributed by atoms with Crippen molar-refractivity contribution in [1.29, 1.82) is 0 Å². The topological polar surface area (TPSA) is 72.7 Å². The van der Waals surface area contributed by atoms with Gasteiger partial charge in [0.1, 0.15) is 0 Å². The minimum atomic E-state index is -0.133. The van der Waals surface area contributed by atoms with Crippen molar-refractivity contribution < 1.29 is 4.79 Å². The Balaban J connectivity index is 1.59. The lowest BCUT2D eigenvalue weighted by atomic mass is 10.2. The number of halogens is 1. The molecule has 2 heterocycles. The van der Waals surface area contributed by atoms with Crippen molar-refractivity contribution >= 4 is 38.9 Å². The van der Waals surface area contributed by atoms with Gasteiger partial charge >= 0.3 is 0 Å². The van der Waals surface area contributed by atoms with E-state index in [-0.39, 0.29) is 5.91 Å². The van der Waals surface area contributed by atoms with E-state index in [9.17, 15) is 4.79 Å². The van der Waals surface area contributed by atoms with Crippen molar-refractivity contribution in [3.05, 3.63) is 45.1 Å². The predicted octanol–water partition coefficient (Wildman–Crippen LogP) is 3.75. The molecule has 116 valence electrons. The Morgan fingerprint density at radius 1 is 1.35 bits per heavy atom. The Labute approximate surface area is 144 Å². The Kier molecular flexibility index (Phi) is 3.70. The highest BCUT2D eigenvalue weighted by Gasteiger charge is 2.28. The molecule has 1 aliphatic carbocycles. The molecular formula is C15H12BrN5OS. The van der Waals surface area contributed by atoms with Crippen LogP contribution >= 0.6 is 27.3 Å². The SMILES string of the molecule is O=C(Nc1cccc(-c2nnnn2C2CC2)c1)c1csc(Br)c1. The quantitative estimate of drug-likeness (QED) is 0.737. The zero-order valence-corrected chi connectivity index (χ0v) is 14.3. The molecule has 0 spiro atoms. The number of carbonyl (C=O) groups excluding carboxylic acids is 1. The lowest BCUT2D eigenvalue weighted by molar-refractivity contribution is 0.102. The summed E-state index contributed by atoms with van der Waals surface area (Å²) < 4.78 is 2.79. The number of tetrazole rings is 1. The molecule has 4 rings (SSSR count). The highest BCUT2D eigenvalue weighted by Crippen LogP contribution is 2.36. The van der Waals surface area contributed by atoms with Crippen LogP contribution in [0.15, 0.2) is 39.5 Å². The van der Waals surface area contributed by atoms with E-state index in [1.54, 1.807) is 6.07 Å². The fourth-order valence-corrected chi connectivity index (χ4v) is 3.45. The zero-order chi connectivity index (χ0) is 15.8. The number of hydrogen-bond acceptors (Lipinski definition) is 5. The fourth-order valence-electron chi connectivity index (χ4n) is 2.32. The van der Waals surface area contributed by atoms with Gasteiger partial charge in [-0.05, 0) is 57.4 Å². The highest BCUT2D eigenvalue weighted by molar-refractivity contribution is 9.11. The maximum atomic E-state index is 12.2. The summed E-state index contributed by atoms with van der Waals surface area (Å²) in [5, 5.41) is 16.7. The molecule has 1 amide bonds. The molecule has 0 bridgehead atoms. The van der Waals surface area contributed by atoms with E-state index in [1.165, 1.54) is 11.3 Å². The molecule has 8 heteroatoms. The van der Waals surface area contributed by atoms with Crippen LogP contribution in [0.1, 0.15) is 29.2 Å². The van der Waals surface area contributed by atoms with Gasteiger partial charge in [0, 0.05) is 16.6 Å². The standard InChI is InChI=1S/C15H12BrN5OS/c16-13-7-10(8-23-13)15(22)17-11-3-1-2-9(6-11)14-18-19-20-21(14)12-4-5-12/h1-3,6-8,12H,4-5H2,(H,17,22). The first-order chi connectivity index (χ1) is 11.2. The van der Waals surface area contributed by atoms with E-state index in [0.29, 0.717) is 11.6 Å². The molecule has 1 N–H and O–H groups in total. The average molecular weight is 390 g/mol. The van der Waals surface area contributed by atoms with Crippen LogP contribution in [0.3, 0.4) is 0 Å². The third kappa shape index (κ3) is 3.04. The van der Waals surface area contributed by atoms with E-state index >= 15 is 0 Å². The number of anilines is 1. The summed E-state index contributed by atoms with van der Waals surface area (Å²) in [6, 6.07) is 9.79. The molecule has 23 heavy (non-hydrogen) atoms. The van der Waals surface area contributed by atoms with Crippen LogP contribution in [-0.2, 0) is 0 Å². The normalized spacial score (nSPS) is 14.0. The number of thiophene rings is 1. The van der Waals surface area contributed by atoms with Gasteiger partial charge in [-0.1, -0.05) is 12.1 Å². The zero-order valence-electron chi connectivity index (χ0n) is 11.9. The van der Waals surface area contributed by atoms with Crippen LogP contribution in [0.5, 0.6) is 0 Å². The summed E-state index contributed by atoms with van der Waals surface area (Å²) in [6.45, 7) is 0. The second-order valence-electron chi connectivity index (χ2n) is 5.35. The molecule has 1 saturated carbocycles. The van der Waals surface area contributed by atoms with Gasteiger partial charge in [-0.15, -0.1) is 16.4 Å². The molecular weight excluding hydrogens is 378 g/mol. The maximum absolute atomic E-state index is 12.2. The summed E-state index contributed by atoms with van der Waals surface area (Å²) in [4.78, 5) is 12.2. The van der Waals surface area contributed by atoms with Crippen molar-refractivity contribution in [3.63, 3.8) is 0 Å². The summed E-state index contributed by atoms with van der Waals surface area (Å²) in [5.74, 6) is 0.604. The number of hydrogen-bond donors (Lipinski definition) is 1. The Morgan fingerprint density at radius 2 is 2.22 bits per heavy atom. The van der Waals surface area contributed by atoms with Crippen molar-refractivity contribution in [2.75, 3.05) is 5.32 Å². The molecule has 1 fully saturated rings. The van der Waals surface area contributed by atoms with Gasteiger partial charge in [0.15, 0.2) is 5.82 Å². The number of benzene rings is 1. The van der Waals surface area contributed by atoms with Crippen molar-refractivity contribution in [2.24, 2.45) is 0 Å². The predicted molar refractivity (Wildman–Crippen MR) is 91.5 cm³/mol. The highest BCUT2D eigenvalue weighted by atomic mass is 79.9. The molecule has 1 aromatic carbocycles. The van der Waals surface area contributed by atoms with Gasteiger partial charge in [-0.2, -0.15) is 0 Å². The van der Waals surface area contributed by atoms with Gasteiger partial charge in [0.25, 0.3) is 5.91 Å². The minimum absolute atomic E-state index is 0.133. The second-order valence-corrected chi connectivity index (χ2v) is 7.64. The van der Waals surface area contributed by atoms with Crippen LogP contribution in [0.2, 0.25) is 0 Å². The maximum Gasteiger partial charge on any atom is 0.256 e. The molecule has 0 saturated heterocycles. The average Bonchev–Trinajstić information content (AvgIpc) is 3.10. The summed E-state index contributed by atoms with van der Waals surface area (Å²) in [5.41, 5.74) is 2.25. The van der Waals surface area contributed by atoms with Crippen LogP contribution in [0, 0.1) is 0 Å². The molecule has 3 aromatic rings. The molecule has 0 atom stereocenters. The Hall–Kier alpha value is -2.06. The molecule has 0 unspecified atom stereocenters. The van der Waals surface area contributed by atoms with Crippen molar-refractivity contribution in [1.82, 2.24) is 20.2 Å². The monoisotopic (exact) mass is 389 g/mol. The van der Waals surface area contributed by atoms with E-state index < -0.39 is 0 Å². The first kappa shape index (κ1) is 14.5. The number of nitrogens with zero attached hydrogens (tertiary/aromatic N) is 4. The van der Waals surface area contributed by atoms with Gasteiger partial charge in [0.05, 0.1) is 15.4 Å². The smallest absolute Gasteiger partial charge is 0.256 e. The first-order valence-electron chi connectivity index (χ1n) is 7.14. The van der Waals surface area contributed by atoms with Crippen LogP contribution in [0.4, 0.5) is 5.69 Å². The minimum Gasteiger partial charge on any atom is -0.322 e. The van der Waals surface area contributed by atoms with Gasteiger partial charge in [-0.25, -0.2) is 4.68 Å². The number of amides is 1. The lowest BCUT2D eigenvalue weighted by Gasteiger charge is -2.07. The van der Waals surface area contributed by atoms with Crippen molar-refractivity contribution in [2.45, 2.75) is 18.9 Å². The molecule has 1 aliphatic rings. The molecule has 0 aliphatic heterocycles. The van der Waals surface area contributed by atoms with E-state index in [0.717, 1.165) is 33.7 Å². The number of rotatable bonds is 4. The number of carbonyl (C=O) groups is 1. The lowest BCUT2D eigenvalue weighted by Crippen LogP contribution is -2.10. The summed E-state index contributed by atoms with van der Waals surface area (Å²) in [6.07, 6.45) is 2.23. The van der Waals surface area contributed by atoms with E-state index in [4.69, 9.17) is 0 Å². The molecule has 0 radical (unpaired) electrons. The van der Waals surface area contributed by atoms with E-state index in [2.05, 4.69) is 36.8 Å².